The predicted octanol–water partition coefficient (Wildman–Crippen LogP) is 5.47. The number of hydrogen-bond acceptors (Lipinski definition) is 4. The van der Waals surface area contributed by atoms with Crippen LogP contribution >= 0.6 is 0 Å². The number of aromatic nitrogens is 1. The van der Waals surface area contributed by atoms with Crippen molar-refractivity contribution in [3.63, 3.8) is 0 Å². The molecule has 0 aromatic carbocycles. The summed E-state index contributed by atoms with van der Waals surface area (Å²) < 4.78 is 40.7. The van der Waals surface area contributed by atoms with E-state index in [2.05, 4.69) is 45.7 Å². The number of nitrogens with zero attached hydrogens (tertiary/aromatic N) is 3. The fraction of sp³-hybridized carbons (Fsp3) is 0.619. The molecule has 1 aromatic rings. The monoisotopic (exact) mass is 412 g/mol. The maximum Gasteiger partial charge on any atom is 0.574 e. The van der Waals surface area contributed by atoms with Gasteiger partial charge in [-0.3, -0.25) is 4.99 Å². The molecule has 2 heterocycles. The first-order chi connectivity index (χ1) is 13.7. The van der Waals surface area contributed by atoms with E-state index in [1.807, 2.05) is 6.08 Å². The Kier molecular flexibility index (Phi) is 8.34. The Morgan fingerprint density at radius 2 is 2.10 bits per heavy atom. The van der Waals surface area contributed by atoms with Crippen LogP contribution in [0.3, 0.4) is 0 Å². The zero-order valence-corrected chi connectivity index (χ0v) is 17.6. The third kappa shape index (κ3) is 7.59. The molecule has 0 saturated carbocycles. The third-order valence-electron chi connectivity index (χ3n) is 5.13. The van der Waals surface area contributed by atoms with E-state index in [-0.39, 0.29) is 5.92 Å². The molecule has 1 aromatic heterocycles. The summed E-state index contributed by atoms with van der Waals surface area (Å²) in [5.74, 6) is 1.38. The number of hydrogen-bond donors (Lipinski definition) is 1. The van der Waals surface area contributed by atoms with Crippen LogP contribution in [0.1, 0.15) is 46.5 Å². The molecule has 8 heteroatoms. The molecule has 0 aliphatic carbocycles. The van der Waals surface area contributed by atoms with E-state index < -0.39 is 12.2 Å². The fourth-order valence-corrected chi connectivity index (χ4v) is 3.39. The smallest absolute Gasteiger partial charge is 0.388 e. The minimum absolute atomic E-state index is 0.174. The summed E-state index contributed by atoms with van der Waals surface area (Å²) in [6.07, 6.45) is 3.39. The maximum atomic E-state index is 12.3. The van der Waals surface area contributed by atoms with Crippen LogP contribution in [0, 0.1) is 11.8 Å². The summed E-state index contributed by atoms with van der Waals surface area (Å²) in [7, 11) is 1.79. The van der Waals surface area contributed by atoms with Gasteiger partial charge in [0.1, 0.15) is 5.84 Å². The SMILES string of the molecule is CCC1CCCN(C(/C=C(\Nc2ccc(OC(F)(F)F)nc2)C(C)C)=NC)CC1. The van der Waals surface area contributed by atoms with Crippen molar-refractivity contribution in [2.24, 2.45) is 16.8 Å². The van der Waals surface area contributed by atoms with Gasteiger partial charge in [0, 0.05) is 31.9 Å². The van der Waals surface area contributed by atoms with Crippen LogP contribution in [-0.2, 0) is 0 Å². The van der Waals surface area contributed by atoms with Crippen molar-refractivity contribution in [3.05, 3.63) is 30.1 Å². The van der Waals surface area contributed by atoms with Crippen molar-refractivity contribution >= 4 is 11.5 Å². The number of ether oxygens (including phenoxy) is 1. The van der Waals surface area contributed by atoms with Gasteiger partial charge in [-0.15, -0.1) is 13.2 Å². The number of alkyl halides is 3. The topological polar surface area (TPSA) is 49.8 Å². The number of allylic oxidation sites excluding steroid dienone is 1. The molecular weight excluding hydrogens is 381 g/mol. The average Bonchev–Trinajstić information content (AvgIpc) is 2.90. The summed E-state index contributed by atoms with van der Waals surface area (Å²) in [5.41, 5.74) is 1.52. The largest absolute Gasteiger partial charge is 0.574 e. The van der Waals surface area contributed by atoms with Crippen molar-refractivity contribution in [2.75, 3.05) is 25.5 Å². The first kappa shape index (κ1) is 23.0. The van der Waals surface area contributed by atoms with E-state index in [1.54, 1.807) is 7.05 Å². The highest BCUT2D eigenvalue weighted by molar-refractivity contribution is 5.94. The second-order valence-corrected chi connectivity index (χ2v) is 7.59. The lowest BCUT2D eigenvalue weighted by Crippen LogP contribution is -2.31. The number of amidine groups is 1. The molecule has 0 spiro atoms. The Balaban J connectivity index is 2.12. The summed E-state index contributed by atoms with van der Waals surface area (Å²) in [6, 6.07) is 2.72. The summed E-state index contributed by atoms with van der Waals surface area (Å²) in [6.45, 7) is 8.31. The van der Waals surface area contributed by atoms with Crippen molar-refractivity contribution in [1.29, 1.82) is 0 Å². The summed E-state index contributed by atoms with van der Waals surface area (Å²) in [5, 5.41) is 3.26. The molecule has 1 atom stereocenters. The van der Waals surface area contributed by atoms with E-state index >= 15 is 0 Å². The Hall–Kier alpha value is -2.25. The molecule has 162 valence electrons. The molecule has 1 N–H and O–H groups in total. The molecule has 0 amide bonds. The number of anilines is 1. The molecule has 1 aliphatic heterocycles. The molecule has 1 unspecified atom stereocenters. The van der Waals surface area contributed by atoms with Crippen molar-refractivity contribution in [1.82, 2.24) is 9.88 Å². The van der Waals surface area contributed by atoms with Crippen LogP contribution in [0.4, 0.5) is 18.9 Å². The minimum atomic E-state index is -4.75. The van der Waals surface area contributed by atoms with E-state index in [0.29, 0.717) is 5.69 Å². The number of rotatable bonds is 6. The first-order valence-electron chi connectivity index (χ1n) is 10.1. The molecule has 1 saturated heterocycles. The number of nitrogens with one attached hydrogen (secondary N) is 1. The van der Waals surface area contributed by atoms with E-state index in [0.717, 1.165) is 37.0 Å². The average molecular weight is 413 g/mol. The first-order valence-corrected chi connectivity index (χ1v) is 10.1. The van der Waals surface area contributed by atoms with Gasteiger partial charge in [0.2, 0.25) is 5.88 Å². The second kappa shape index (κ2) is 10.5. The van der Waals surface area contributed by atoms with Crippen molar-refractivity contribution in [2.45, 2.75) is 52.8 Å². The number of halogens is 3. The lowest BCUT2D eigenvalue weighted by atomic mass is 9.98. The molecule has 0 bridgehead atoms. The van der Waals surface area contributed by atoms with Gasteiger partial charge >= 0.3 is 6.36 Å². The zero-order valence-electron chi connectivity index (χ0n) is 17.6. The van der Waals surface area contributed by atoms with Gasteiger partial charge < -0.3 is 15.0 Å². The predicted molar refractivity (Wildman–Crippen MR) is 110 cm³/mol. The quantitative estimate of drug-likeness (QED) is 0.497. The van der Waals surface area contributed by atoms with Gasteiger partial charge in [0.05, 0.1) is 11.9 Å². The molecule has 5 nitrogen and oxygen atoms in total. The summed E-state index contributed by atoms with van der Waals surface area (Å²) >= 11 is 0. The van der Waals surface area contributed by atoms with Gasteiger partial charge in [-0.1, -0.05) is 27.2 Å². The number of likely N-dealkylation sites (tertiary alicyclic amines) is 1. The highest BCUT2D eigenvalue weighted by Crippen LogP contribution is 2.24. The zero-order chi connectivity index (χ0) is 21.4. The minimum Gasteiger partial charge on any atom is -0.388 e. The highest BCUT2D eigenvalue weighted by atomic mass is 19.4. The molecule has 0 radical (unpaired) electrons. The lowest BCUT2D eigenvalue weighted by molar-refractivity contribution is -0.276. The summed E-state index contributed by atoms with van der Waals surface area (Å²) in [4.78, 5) is 10.5. The Bertz CT molecular complexity index is 699. The van der Waals surface area contributed by atoms with Gasteiger partial charge in [-0.2, -0.15) is 0 Å². The fourth-order valence-electron chi connectivity index (χ4n) is 3.39. The van der Waals surface area contributed by atoms with Crippen molar-refractivity contribution < 1.29 is 17.9 Å². The normalized spacial score (nSPS) is 19.3. The van der Waals surface area contributed by atoms with Crippen LogP contribution in [0.25, 0.3) is 0 Å². The molecule has 29 heavy (non-hydrogen) atoms. The van der Waals surface area contributed by atoms with E-state index in [1.165, 1.54) is 37.6 Å². The van der Waals surface area contributed by atoms with Crippen LogP contribution in [0.15, 0.2) is 35.1 Å². The van der Waals surface area contributed by atoms with Crippen LogP contribution in [0.5, 0.6) is 5.88 Å². The standard InChI is InChI=1S/C21H31F3N4O/c1-5-16-7-6-11-28(12-10-16)19(25-4)13-18(15(2)3)27-17-8-9-20(26-14-17)29-21(22,23)24/h8-9,13-16,27H,5-7,10-12H2,1-4H3/b18-13-,25-19?. The highest BCUT2D eigenvalue weighted by Gasteiger charge is 2.31. The third-order valence-corrected chi connectivity index (χ3v) is 5.13. The van der Waals surface area contributed by atoms with Crippen LogP contribution < -0.4 is 10.1 Å². The Labute approximate surface area is 171 Å². The molecule has 2 rings (SSSR count). The van der Waals surface area contributed by atoms with Gasteiger partial charge in [0.15, 0.2) is 0 Å². The number of aliphatic imine (C=N–C) groups is 1. The second-order valence-electron chi connectivity index (χ2n) is 7.59. The van der Waals surface area contributed by atoms with Gasteiger partial charge in [-0.25, -0.2) is 4.98 Å². The van der Waals surface area contributed by atoms with Gasteiger partial charge in [-0.05, 0) is 43.2 Å². The number of pyridine rings is 1. The lowest BCUT2D eigenvalue weighted by Gasteiger charge is -2.24. The molecular formula is C21H31F3N4O. The molecule has 1 fully saturated rings. The van der Waals surface area contributed by atoms with Gasteiger partial charge in [0.25, 0.3) is 0 Å². The van der Waals surface area contributed by atoms with E-state index in [9.17, 15) is 13.2 Å². The van der Waals surface area contributed by atoms with Crippen LogP contribution in [0.2, 0.25) is 0 Å². The maximum absolute atomic E-state index is 12.3. The van der Waals surface area contributed by atoms with E-state index in [4.69, 9.17) is 0 Å². The molecule has 1 aliphatic rings. The Morgan fingerprint density at radius 3 is 2.66 bits per heavy atom. The van der Waals surface area contributed by atoms with Crippen molar-refractivity contribution in [3.8, 4) is 5.88 Å². The Morgan fingerprint density at radius 1 is 1.34 bits per heavy atom. The van der Waals surface area contributed by atoms with Crippen LogP contribution in [-0.4, -0.2) is 42.2 Å².